The Morgan fingerprint density at radius 1 is 1.44 bits per heavy atom. The summed E-state index contributed by atoms with van der Waals surface area (Å²) in [4.78, 5) is 22.4. The van der Waals surface area contributed by atoms with Gasteiger partial charge in [-0.25, -0.2) is 9.97 Å². The number of carbonyl (C=O) groups is 1. The highest BCUT2D eigenvalue weighted by Crippen LogP contribution is 2.12. The summed E-state index contributed by atoms with van der Waals surface area (Å²) in [6.45, 7) is 3.28. The first-order chi connectivity index (χ1) is 12.2. The number of hydrogen-bond acceptors (Lipinski definition) is 7. The average molecular weight is 344 g/mol. The van der Waals surface area contributed by atoms with Gasteiger partial charge in [0.2, 0.25) is 5.95 Å². The van der Waals surface area contributed by atoms with E-state index in [4.69, 9.17) is 0 Å². The summed E-state index contributed by atoms with van der Waals surface area (Å²) in [5, 5.41) is 14.4. The zero-order valence-electron chi connectivity index (χ0n) is 14.6. The second kappa shape index (κ2) is 8.02. The van der Waals surface area contributed by atoms with E-state index in [0.29, 0.717) is 24.1 Å². The molecule has 134 valence electrons. The van der Waals surface area contributed by atoms with Crippen LogP contribution in [0.3, 0.4) is 0 Å². The Bertz CT molecular complexity index is 692. The van der Waals surface area contributed by atoms with Gasteiger partial charge in [-0.3, -0.25) is 9.48 Å². The highest BCUT2D eigenvalue weighted by molar-refractivity contribution is 5.91. The lowest BCUT2D eigenvalue weighted by molar-refractivity contribution is 0.0779. The number of aromatic nitrogens is 5. The fraction of sp³-hybridized carbons (Fsp3) is 0.562. The molecule has 2 N–H and O–H groups in total. The Morgan fingerprint density at radius 2 is 2.24 bits per heavy atom. The molecular weight excluding hydrogens is 320 g/mol. The predicted molar refractivity (Wildman–Crippen MR) is 93.0 cm³/mol. The van der Waals surface area contributed by atoms with Crippen molar-refractivity contribution in [2.24, 2.45) is 5.92 Å². The molecule has 2 aromatic rings. The van der Waals surface area contributed by atoms with Crippen LogP contribution in [0.1, 0.15) is 28.9 Å². The number of piperidine rings is 1. The molecule has 1 aliphatic rings. The van der Waals surface area contributed by atoms with Crippen molar-refractivity contribution < 1.29 is 4.79 Å². The SMILES string of the molecule is CNc1ncc(CN(C)C(=O)c2cn(C[C@@H]3CCCNC3)nn2)cn1. The summed E-state index contributed by atoms with van der Waals surface area (Å²) in [5.74, 6) is 0.933. The molecule has 0 bridgehead atoms. The maximum Gasteiger partial charge on any atom is 0.276 e. The topological polar surface area (TPSA) is 101 Å². The molecule has 1 saturated heterocycles. The second-order valence-corrected chi connectivity index (χ2v) is 6.36. The fourth-order valence-electron chi connectivity index (χ4n) is 2.94. The molecule has 25 heavy (non-hydrogen) atoms. The van der Waals surface area contributed by atoms with E-state index < -0.39 is 0 Å². The van der Waals surface area contributed by atoms with Crippen LogP contribution in [-0.4, -0.2) is 63.0 Å². The molecule has 9 nitrogen and oxygen atoms in total. The first-order valence-corrected chi connectivity index (χ1v) is 8.50. The van der Waals surface area contributed by atoms with Gasteiger partial charge in [0, 0.05) is 45.1 Å². The fourth-order valence-corrected chi connectivity index (χ4v) is 2.94. The number of rotatable bonds is 6. The first-order valence-electron chi connectivity index (χ1n) is 8.50. The van der Waals surface area contributed by atoms with E-state index in [1.54, 1.807) is 42.3 Å². The van der Waals surface area contributed by atoms with Gasteiger partial charge in [0.25, 0.3) is 5.91 Å². The van der Waals surface area contributed by atoms with Crippen molar-refractivity contribution in [1.82, 2.24) is 35.2 Å². The molecule has 1 amide bonds. The van der Waals surface area contributed by atoms with E-state index in [9.17, 15) is 4.79 Å². The van der Waals surface area contributed by atoms with E-state index in [-0.39, 0.29) is 5.91 Å². The van der Waals surface area contributed by atoms with Gasteiger partial charge in [-0.15, -0.1) is 5.10 Å². The summed E-state index contributed by atoms with van der Waals surface area (Å²) >= 11 is 0. The van der Waals surface area contributed by atoms with Crippen LogP contribution in [0.25, 0.3) is 0 Å². The average Bonchev–Trinajstić information content (AvgIpc) is 3.11. The Labute approximate surface area is 146 Å². The first kappa shape index (κ1) is 17.3. The number of nitrogens with one attached hydrogen (secondary N) is 2. The third-order valence-corrected chi connectivity index (χ3v) is 4.30. The van der Waals surface area contributed by atoms with Gasteiger partial charge in [0.15, 0.2) is 5.69 Å². The molecule has 0 radical (unpaired) electrons. The minimum absolute atomic E-state index is 0.161. The van der Waals surface area contributed by atoms with Crippen LogP contribution >= 0.6 is 0 Å². The highest BCUT2D eigenvalue weighted by atomic mass is 16.2. The molecule has 0 unspecified atom stereocenters. The van der Waals surface area contributed by atoms with Gasteiger partial charge in [0.05, 0.1) is 6.20 Å². The summed E-state index contributed by atoms with van der Waals surface area (Å²) in [6, 6.07) is 0. The molecule has 3 rings (SSSR count). The van der Waals surface area contributed by atoms with Crippen molar-refractivity contribution in [3.8, 4) is 0 Å². The molecule has 1 aliphatic heterocycles. The maximum atomic E-state index is 12.5. The standard InChI is InChI=1S/C16H24N8O/c1-17-16-19-7-13(8-20-16)9-23(2)15(25)14-11-24(22-21-14)10-12-4-3-5-18-6-12/h7-8,11-12,18H,3-6,9-10H2,1-2H3,(H,17,19,20)/t12-/m1/s1. The van der Waals surface area contributed by atoms with E-state index in [1.807, 2.05) is 0 Å². The van der Waals surface area contributed by atoms with Gasteiger partial charge < -0.3 is 15.5 Å². The monoisotopic (exact) mass is 344 g/mol. The van der Waals surface area contributed by atoms with Crippen LogP contribution in [0.15, 0.2) is 18.6 Å². The lowest BCUT2D eigenvalue weighted by Crippen LogP contribution is -2.32. The number of amides is 1. The van der Waals surface area contributed by atoms with Crippen LogP contribution in [0.5, 0.6) is 0 Å². The van der Waals surface area contributed by atoms with E-state index in [1.165, 1.54) is 12.8 Å². The number of anilines is 1. The third-order valence-electron chi connectivity index (χ3n) is 4.30. The van der Waals surface area contributed by atoms with Gasteiger partial charge in [0.1, 0.15) is 0 Å². The van der Waals surface area contributed by atoms with Crippen LogP contribution in [-0.2, 0) is 13.1 Å². The molecule has 1 fully saturated rings. The zero-order chi connectivity index (χ0) is 17.6. The number of nitrogens with zero attached hydrogens (tertiary/aromatic N) is 6. The molecule has 0 saturated carbocycles. The normalized spacial score (nSPS) is 17.3. The Kier molecular flexibility index (Phi) is 5.54. The van der Waals surface area contributed by atoms with Crippen molar-refractivity contribution in [3.63, 3.8) is 0 Å². The van der Waals surface area contributed by atoms with Crippen molar-refractivity contribution in [2.75, 3.05) is 32.5 Å². The van der Waals surface area contributed by atoms with Gasteiger partial charge in [-0.2, -0.15) is 0 Å². The number of hydrogen-bond donors (Lipinski definition) is 2. The molecule has 0 aromatic carbocycles. The number of carbonyl (C=O) groups excluding carboxylic acids is 1. The summed E-state index contributed by atoms with van der Waals surface area (Å²) in [7, 11) is 3.50. The molecular formula is C16H24N8O. The van der Waals surface area contributed by atoms with Crippen LogP contribution in [0.2, 0.25) is 0 Å². The lowest BCUT2D eigenvalue weighted by Gasteiger charge is -2.22. The van der Waals surface area contributed by atoms with E-state index >= 15 is 0 Å². The Balaban J connectivity index is 1.57. The van der Waals surface area contributed by atoms with Gasteiger partial charge in [-0.1, -0.05) is 5.21 Å². The predicted octanol–water partition coefficient (Wildman–Crippen LogP) is 0.382. The molecule has 1 atom stereocenters. The van der Waals surface area contributed by atoms with Crippen molar-refractivity contribution in [1.29, 1.82) is 0 Å². The third kappa shape index (κ3) is 4.50. The van der Waals surface area contributed by atoms with Gasteiger partial charge in [-0.05, 0) is 31.8 Å². The molecule has 0 spiro atoms. The maximum absolute atomic E-state index is 12.5. The minimum Gasteiger partial charge on any atom is -0.357 e. The summed E-state index contributed by atoms with van der Waals surface area (Å²) in [6.07, 6.45) is 7.50. The van der Waals surface area contributed by atoms with E-state index in [0.717, 1.165) is 25.2 Å². The zero-order valence-corrected chi connectivity index (χ0v) is 14.6. The molecule has 3 heterocycles. The molecule has 2 aromatic heterocycles. The van der Waals surface area contributed by atoms with Crippen molar-refractivity contribution in [3.05, 3.63) is 29.8 Å². The Hall–Kier alpha value is -2.55. The molecule has 9 heteroatoms. The lowest BCUT2D eigenvalue weighted by atomic mass is 10.00. The van der Waals surface area contributed by atoms with Crippen LogP contribution < -0.4 is 10.6 Å². The van der Waals surface area contributed by atoms with Crippen molar-refractivity contribution >= 4 is 11.9 Å². The quantitative estimate of drug-likeness (QED) is 0.781. The van der Waals surface area contributed by atoms with Crippen LogP contribution in [0, 0.1) is 5.92 Å². The van der Waals surface area contributed by atoms with E-state index in [2.05, 4.69) is 30.9 Å². The van der Waals surface area contributed by atoms with Gasteiger partial charge >= 0.3 is 0 Å². The summed E-state index contributed by atoms with van der Waals surface area (Å²) < 4.78 is 1.77. The largest absolute Gasteiger partial charge is 0.357 e. The molecule has 0 aliphatic carbocycles. The van der Waals surface area contributed by atoms with Crippen molar-refractivity contribution in [2.45, 2.75) is 25.9 Å². The summed E-state index contributed by atoms with van der Waals surface area (Å²) in [5.41, 5.74) is 1.22. The highest BCUT2D eigenvalue weighted by Gasteiger charge is 2.19. The Morgan fingerprint density at radius 3 is 2.92 bits per heavy atom. The van der Waals surface area contributed by atoms with Crippen LogP contribution in [0.4, 0.5) is 5.95 Å². The smallest absolute Gasteiger partial charge is 0.276 e. The minimum atomic E-state index is -0.161. The second-order valence-electron chi connectivity index (χ2n) is 6.36.